The van der Waals surface area contributed by atoms with Gasteiger partial charge < -0.3 is 15.1 Å². The number of amides is 1. The van der Waals surface area contributed by atoms with Gasteiger partial charge in [-0.1, -0.05) is 0 Å². The van der Waals surface area contributed by atoms with Gasteiger partial charge in [-0.3, -0.25) is 0 Å². The SMILES string of the molecule is CC(C)(O)C1CCCN1C(=O)O. The van der Waals surface area contributed by atoms with Gasteiger partial charge in [0.25, 0.3) is 0 Å². The van der Waals surface area contributed by atoms with Crippen LogP contribution in [0, 0.1) is 0 Å². The molecule has 0 spiro atoms. The lowest BCUT2D eigenvalue weighted by atomic mass is 9.97. The van der Waals surface area contributed by atoms with Gasteiger partial charge >= 0.3 is 6.09 Å². The van der Waals surface area contributed by atoms with Crippen molar-refractivity contribution in [2.75, 3.05) is 6.54 Å². The van der Waals surface area contributed by atoms with Crippen LogP contribution in [0.4, 0.5) is 4.79 Å². The van der Waals surface area contributed by atoms with Crippen LogP contribution in [0.3, 0.4) is 0 Å². The van der Waals surface area contributed by atoms with Gasteiger partial charge in [-0.05, 0) is 26.7 Å². The topological polar surface area (TPSA) is 60.8 Å². The Kier molecular flexibility index (Phi) is 2.28. The number of carboxylic acid groups (broad SMARTS) is 1. The molecular weight excluding hydrogens is 158 g/mol. The summed E-state index contributed by atoms with van der Waals surface area (Å²) in [5.74, 6) is 0. The first kappa shape index (κ1) is 9.32. The van der Waals surface area contributed by atoms with Crippen LogP contribution < -0.4 is 0 Å². The van der Waals surface area contributed by atoms with Gasteiger partial charge in [-0.25, -0.2) is 4.79 Å². The maximum absolute atomic E-state index is 10.7. The molecule has 0 aromatic heterocycles. The molecule has 1 aliphatic rings. The van der Waals surface area contributed by atoms with E-state index < -0.39 is 11.7 Å². The number of hydrogen-bond acceptors (Lipinski definition) is 2. The fourth-order valence-corrected chi connectivity index (χ4v) is 1.73. The molecule has 1 heterocycles. The maximum atomic E-state index is 10.7. The predicted octanol–water partition coefficient (Wildman–Crippen LogP) is 0.900. The predicted molar refractivity (Wildman–Crippen MR) is 44.1 cm³/mol. The lowest BCUT2D eigenvalue weighted by Gasteiger charge is -2.31. The molecule has 70 valence electrons. The van der Waals surface area contributed by atoms with E-state index in [2.05, 4.69) is 0 Å². The van der Waals surface area contributed by atoms with Gasteiger partial charge in [0.2, 0.25) is 0 Å². The Morgan fingerprint density at radius 3 is 2.50 bits per heavy atom. The van der Waals surface area contributed by atoms with E-state index in [4.69, 9.17) is 5.11 Å². The van der Waals surface area contributed by atoms with E-state index in [1.165, 1.54) is 4.90 Å². The molecule has 1 amide bonds. The highest BCUT2D eigenvalue weighted by Crippen LogP contribution is 2.26. The third-order valence-electron chi connectivity index (χ3n) is 2.31. The molecule has 0 aromatic rings. The first-order valence-corrected chi connectivity index (χ1v) is 4.15. The lowest BCUT2D eigenvalue weighted by molar-refractivity contribution is 0.00186. The molecule has 12 heavy (non-hydrogen) atoms. The second kappa shape index (κ2) is 2.94. The largest absolute Gasteiger partial charge is 0.465 e. The van der Waals surface area contributed by atoms with E-state index in [0.29, 0.717) is 6.54 Å². The summed E-state index contributed by atoms with van der Waals surface area (Å²) in [4.78, 5) is 12.0. The molecule has 0 radical (unpaired) electrons. The fraction of sp³-hybridized carbons (Fsp3) is 0.875. The highest BCUT2D eigenvalue weighted by atomic mass is 16.4. The molecular formula is C8H15NO3. The van der Waals surface area contributed by atoms with Gasteiger partial charge in [0.15, 0.2) is 0 Å². The molecule has 0 saturated carbocycles. The zero-order valence-electron chi connectivity index (χ0n) is 7.45. The van der Waals surface area contributed by atoms with E-state index >= 15 is 0 Å². The monoisotopic (exact) mass is 173 g/mol. The molecule has 0 aromatic carbocycles. The molecule has 4 heteroatoms. The summed E-state index contributed by atoms with van der Waals surface area (Å²) >= 11 is 0. The summed E-state index contributed by atoms with van der Waals surface area (Å²) in [7, 11) is 0. The van der Waals surface area contributed by atoms with E-state index in [1.54, 1.807) is 13.8 Å². The Bertz CT molecular complexity index is 185. The molecule has 1 saturated heterocycles. The zero-order chi connectivity index (χ0) is 9.35. The van der Waals surface area contributed by atoms with Crippen molar-refractivity contribution in [1.82, 2.24) is 4.90 Å². The quantitative estimate of drug-likeness (QED) is 0.619. The van der Waals surface area contributed by atoms with Crippen LogP contribution in [0.25, 0.3) is 0 Å². The molecule has 1 unspecified atom stereocenters. The van der Waals surface area contributed by atoms with Gasteiger partial charge in [0.1, 0.15) is 0 Å². The molecule has 1 fully saturated rings. The Labute approximate surface area is 71.8 Å². The molecule has 2 N–H and O–H groups in total. The number of nitrogens with zero attached hydrogens (tertiary/aromatic N) is 1. The van der Waals surface area contributed by atoms with Crippen LogP contribution in [-0.4, -0.2) is 39.4 Å². The van der Waals surface area contributed by atoms with Crippen molar-refractivity contribution in [1.29, 1.82) is 0 Å². The van der Waals surface area contributed by atoms with Crippen LogP contribution in [0.5, 0.6) is 0 Å². The molecule has 1 rings (SSSR count). The third-order valence-corrected chi connectivity index (χ3v) is 2.31. The summed E-state index contributed by atoms with van der Waals surface area (Å²) in [5, 5.41) is 18.4. The summed E-state index contributed by atoms with van der Waals surface area (Å²) < 4.78 is 0. The van der Waals surface area contributed by atoms with Crippen LogP contribution in [-0.2, 0) is 0 Å². The van der Waals surface area contributed by atoms with Crippen molar-refractivity contribution in [3.63, 3.8) is 0 Å². The normalized spacial score (nSPS) is 24.6. The van der Waals surface area contributed by atoms with Crippen LogP contribution in [0.15, 0.2) is 0 Å². The lowest BCUT2D eigenvalue weighted by Crippen LogP contribution is -2.47. The maximum Gasteiger partial charge on any atom is 0.407 e. The van der Waals surface area contributed by atoms with E-state index in [1.807, 2.05) is 0 Å². The van der Waals surface area contributed by atoms with Gasteiger partial charge in [0, 0.05) is 6.54 Å². The Morgan fingerprint density at radius 2 is 2.17 bits per heavy atom. The Hall–Kier alpha value is -0.770. The van der Waals surface area contributed by atoms with E-state index in [9.17, 15) is 9.90 Å². The van der Waals surface area contributed by atoms with Crippen LogP contribution in [0.1, 0.15) is 26.7 Å². The van der Waals surface area contributed by atoms with Gasteiger partial charge in [0.05, 0.1) is 11.6 Å². The molecule has 0 bridgehead atoms. The summed E-state index contributed by atoms with van der Waals surface area (Å²) in [5.41, 5.74) is -0.922. The van der Waals surface area contributed by atoms with Crippen LogP contribution >= 0.6 is 0 Å². The molecule has 1 atom stereocenters. The molecule has 4 nitrogen and oxygen atoms in total. The number of rotatable bonds is 1. The number of likely N-dealkylation sites (tertiary alicyclic amines) is 1. The van der Waals surface area contributed by atoms with Crippen molar-refractivity contribution in [3.05, 3.63) is 0 Å². The minimum Gasteiger partial charge on any atom is -0.465 e. The first-order chi connectivity index (χ1) is 5.43. The van der Waals surface area contributed by atoms with Crippen molar-refractivity contribution < 1.29 is 15.0 Å². The number of aliphatic hydroxyl groups is 1. The first-order valence-electron chi connectivity index (χ1n) is 4.15. The highest BCUT2D eigenvalue weighted by molar-refractivity contribution is 5.66. The second-order valence-electron chi connectivity index (χ2n) is 3.79. The molecule has 1 aliphatic heterocycles. The number of carbonyl (C=O) groups is 1. The smallest absolute Gasteiger partial charge is 0.407 e. The molecule has 0 aliphatic carbocycles. The minimum atomic E-state index is -0.931. The summed E-state index contributed by atoms with van der Waals surface area (Å²) in [6.45, 7) is 3.85. The zero-order valence-corrected chi connectivity index (χ0v) is 7.45. The second-order valence-corrected chi connectivity index (χ2v) is 3.79. The number of hydrogen-bond donors (Lipinski definition) is 2. The van der Waals surface area contributed by atoms with E-state index in [0.717, 1.165) is 12.8 Å². The van der Waals surface area contributed by atoms with Crippen molar-refractivity contribution in [3.8, 4) is 0 Å². The minimum absolute atomic E-state index is 0.241. The van der Waals surface area contributed by atoms with Crippen molar-refractivity contribution in [2.24, 2.45) is 0 Å². The average Bonchev–Trinajstić information content (AvgIpc) is 2.30. The standard InChI is InChI=1S/C8H15NO3/c1-8(2,12)6-4-3-5-9(6)7(10)11/h6,12H,3-5H2,1-2H3,(H,10,11). The van der Waals surface area contributed by atoms with E-state index in [-0.39, 0.29) is 6.04 Å². The third kappa shape index (κ3) is 1.69. The van der Waals surface area contributed by atoms with Gasteiger partial charge in [-0.2, -0.15) is 0 Å². The van der Waals surface area contributed by atoms with Crippen LogP contribution in [0.2, 0.25) is 0 Å². The summed E-state index contributed by atoms with van der Waals surface area (Å²) in [6.07, 6.45) is 0.677. The Balaban J connectivity index is 2.71. The summed E-state index contributed by atoms with van der Waals surface area (Å²) in [6, 6.07) is -0.241. The van der Waals surface area contributed by atoms with Crippen molar-refractivity contribution >= 4 is 6.09 Å². The van der Waals surface area contributed by atoms with Gasteiger partial charge in [-0.15, -0.1) is 0 Å². The fourth-order valence-electron chi connectivity index (χ4n) is 1.73. The van der Waals surface area contributed by atoms with Crippen molar-refractivity contribution in [2.45, 2.75) is 38.3 Å². The highest BCUT2D eigenvalue weighted by Gasteiger charge is 2.38. The average molecular weight is 173 g/mol. The Morgan fingerprint density at radius 1 is 1.58 bits per heavy atom.